The molecule has 0 N–H and O–H groups in total. The van der Waals surface area contributed by atoms with Crippen LogP contribution in [-0.4, -0.2) is 30.8 Å². The predicted molar refractivity (Wildman–Crippen MR) is 69.4 cm³/mol. The topological polar surface area (TPSA) is 61.8 Å². The van der Waals surface area contributed by atoms with Crippen LogP contribution in [0.5, 0.6) is 0 Å². The van der Waals surface area contributed by atoms with Crippen molar-refractivity contribution in [1.82, 2.24) is 0 Å². The van der Waals surface area contributed by atoms with Gasteiger partial charge in [-0.15, -0.1) is 0 Å². The van der Waals surface area contributed by atoms with E-state index in [-0.39, 0.29) is 30.7 Å². The van der Waals surface area contributed by atoms with Crippen molar-refractivity contribution in [3.63, 3.8) is 0 Å². The van der Waals surface area contributed by atoms with Crippen LogP contribution in [0, 0.1) is 17.8 Å². The maximum absolute atomic E-state index is 11.6. The average Bonchev–Trinajstić information content (AvgIpc) is 3.00. The Hall–Kier alpha value is -1.78. The number of carbonyl (C=O) groups is 2. The van der Waals surface area contributed by atoms with E-state index < -0.39 is 5.97 Å². The van der Waals surface area contributed by atoms with Gasteiger partial charge in [-0.1, -0.05) is 13.2 Å². The fraction of sp³-hybridized carbons (Fsp3) is 0.600. The standard InChI is InChI=1S/C15H18O5/c1-7(2)14(16)18-6-8(3)19-12-9-4-10-11(5-9)15(17)20-13(10)12/h9-13H,1,3-6H2,2H3. The SMILES string of the molecule is C=C(COC(=O)C(=C)C)OC1C2CC3C(=O)OC1C3C2. The largest absolute Gasteiger partial charge is 0.488 e. The Kier molecular flexibility index (Phi) is 3.07. The normalized spacial score (nSPS) is 36.6. The molecule has 2 aliphatic carbocycles. The first kappa shape index (κ1) is 13.2. The van der Waals surface area contributed by atoms with Gasteiger partial charge in [0.05, 0.1) is 5.92 Å². The van der Waals surface area contributed by atoms with Gasteiger partial charge in [0.2, 0.25) is 0 Å². The molecule has 0 aromatic rings. The number of hydrogen-bond donors (Lipinski definition) is 0. The Morgan fingerprint density at radius 3 is 2.85 bits per heavy atom. The molecule has 0 spiro atoms. The molecular weight excluding hydrogens is 260 g/mol. The molecule has 0 radical (unpaired) electrons. The lowest BCUT2D eigenvalue weighted by Crippen LogP contribution is -2.34. The van der Waals surface area contributed by atoms with Crippen LogP contribution in [0.2, 0.25) is 0 Å². The summed E-state index contributed by atoms with van der Waals surface area (Å²) in [6, 6.07) is 0. The second kappa shape index (κ2) is 4.65. The van der Waals surface area contributed by atoms with Crippen LogP contribution >= 0.6 is 0 Å². The molecule has 0 aromatic heterocycles. The number of ether oxygens (including phenoxy) is 3. The third kappa shape index (κ3) is 2.01. The minimum absolute atomic E-state index is 0.00365. The zero-order valence-electron chi connectivity index (χ0n) is 11.5. The Labute approximate surface area is 117 Å². The van der Waals surface area contributed by atoms with Gasteiger partial charge in [-0.2, -0.15) is 0 Å². The molecule has 20 heavy (non-hydrogen) atoms. The first-order valence-corrected chi connectivity index (χ1v) is 6.85. The van der Waals surface area contributed by atoms with Crippen molar-refractivity contribution in [2.24, 2.45) is 17.8 Å². The molecule has 3 rings (SSSR count). The molecule has 5 nitrogen and oxygen atoms in total. The smallest absolute Gasteiger partial charge is 0.333 e. The van der Waals surface area contributed by atoms with E-state index in [2.05, 4.69) is 13.2 Å². The molecule has 0 amide bonds. The van der Waals surface area contributed by atoms with Crippen molar-refractivity contribution < 1.29 is 23.8 Å². The fourth-order valence-electron chi connectivity index (χ4n) is 3.56. The van der Waals surface area contributed by atoms with Gasteiger partial charge >= 0.3 is 11.9 Å². The van der Waals surface area contributed by atoms with E-state index in [4.69, 9.17) is 14.2 Å². The van der Waals surface area contributed by atoms with Crippen molar-refractivity contribution in [3.05, 3.63) is 24.5 Å². The van der Waals surface area contributed by atoms with E-state index in [0.29, 0.717) is 23.2 Å². The lowest BCUT2D eigenvalue weighted by Gasteiger charge is -2.27. The summed E-state index contributed by atoms with van der Waals surface area (Å²) in [7, 11) is 0. The van der Waals surface area contributed by atoms with Crippen LogP contribution in [0.1, 0.15) is 19.8 Å². The molecule has 108 valence electrons. The van der Waals surface area contributed by atoms with E-state index in [9.17, 15) is 9.59 Å². The van der Waals surface area contributed by atoms with E-state index in [1.807, 2.05) is 0 Å². The van der Waals surface area contributed by atoms with Crippen molar-refractivity contribution in [2.45, 2.75) is 32.0 Å². The zero-order chi connectivity index (χ0) is 14.4. The second-order valence-corrected chi connectivity index (χ2v) is 5.88. The summed E-state index contributed by atoms with van der Waals surface area (Å²) < 4.78 is 16.2. The third-order valence-corrected chi connectivity index (χ3v) is 4.43. The molecule has 1 heterocycles. The Bertz CT molecular complexity index is 494. The minimum atomic E-state index is -0.463. The summed E-state index contributed by atoms with van der Waals surface area (Å²) in [4.78, 5) is 22.9. The maximum Gasteiger partial charge on any atom is 0.333 e. The highest BCUT2D eigenvalue weighted by Crippen LogP contribution is 2.55. The highest BCUT2D eigenvalue weighted by atomic mass is 16.6. The van der Waals surface area contributed by atoms with Crippen LogP contribution in [0.15, 0.2) is 24.5 Å². The molecule has 1 saturated heterocycles. The molecular formula is C15H18O5. The average molecular weight is 278 g/mol. The van der Waals surface area contributed by atoms with Crippen LogP contribution in [-0.2, 0) is 23.8 Å². The molecule has 2 saturated carbocycles. The van der Waals surface area contributed by atoms with Gasteiger partial charge in [-0.05, 0) is 19.8 Å². The highest BCUT2D eigenvalue weighted by molar-refractivity contribution is 5.87. The number of carbonyl (C=O) groups excluding carboxylic acids is 2. The Balaban J connectivity index is 1.54. The fourth-order valence-corrected chi connectivity index (χ4v) is 3.56. The van der Waals surface area contributed by atoms with Crippen LogP contribution < -0.4 is 0 Å². The van der Waals surface area contributed by atoms with Gasteiger partial charge in [0.1, 0.15) is 24.6 Å². The number of rotatable bonds is 5. The van der Waals surface area contributed by atoms with Crippen molar-refractivity contribution in [1.29, 1.82) is 0 Å². The molecule has 0 aromatic carbocycles. The first-order valence-electron chi connectivity index (χ1n) is 6.85. The van der Waals surface area contributed by atoms with E-state index in [1.54, 1.807) is 6.92 Å². The third-order valence-electron chi connectivity index (χ3n) is 4.43. The molecule has 5 atom stereocenters. The summed E-state index contributed by atoms with van der Waals surface area (Å²) >= 11 is 0. The Morgan fingerprint density at radius 1 is 1.40 bits per heavy atom. The van der Waals surface area contributed by atoms with Crippen molar-refractivity contribution >= 4 is 11.9 Å². The summed E-state index contributed by atoms with van der Waals surface area (Å²) in [6.45, 7) is 8.86. The van der Waals surface area contributed by atoms with Crippen LogP contribution in [0.3, 0.4) is 0 Å². The first-order chi connectivity index (χ1) is 9.47. The predicted octanol–water partition coefficient (Wildman–Crippen LogP) is 1.59. The number of hydrogen-bond acceptors (Lipinski definition) is 5. The van der Waals surface area contributed by atoms with E-state index >= 15 is 0 Å². The molecule has 5 heteroatoms. The van der Waals surface area contributed by atoms with Gasteiger partial charge in [-0.25, -0.2) is 4.79 Å². The van der Waals surface area contributed by atoms with Crippen LogP contribution in [0.4, 0.5) is 0 Å². The monoisotopic (exact) mass is 278 g/mol. The van der Waals surface area contributed by atoms with E-state index in [1.165, 1.54) is 0 Å². The molecule has 2 bridgehead atoms. The van der Waals surface area contributed by atoms with Crippen molar-refractivity contribution in [3.8, 4) is 0 Å². The highest BCUT2D eigenvalue weighted by Gasteiger charge is 2.63. The van der Waals surface area contributed by atoms with Gasteiger partial charge in [0.25, 0.3) is 0 Å². The van der Waals surface area contributed by atoms with Crippen LogP contribution in [0.25, 0.3) is 0 Å². The maximum atomic E-state index is 11.6. The van der Waals surface area contributed by atoms with Gasteiger partial charge in [-0.3, -0.25) is 4.79 Å². The zero-order valence-corrected chi connectivity index (χ0v) is 11.5. The minimum Gasteiger partial charge on any atom is -0.488 e. The molecule has 3 fully saturated rings. The molecule has 1 aliphatic heterocycles. The van der Waals surface area contributed by atoms with Gasteiger partial charge < -0.3 is 14.2 Å². The number of esters is 2. The van der Waals surface area contributed by atoms with Gasteiger partial charge in [0, 0.05) is 17.4 Å². The molecule has 5 unspecified atom stereocenters. The summed E-state index contributed by atoms with van der Waals surface area (Å²) in [6.07, 6.45) is 1.52. The second-order valence-electron chi connectivity index (χ2n) is 5.88. The lowest BCUT2D eigenvalue weighted by atomic mass is 9.88. The number of fused-ring (bicyclic) bond motifs is 1. The van der Waals surface area contributed by atoms with Crippen molar-refractivity contribution in [2.75, 3.05) is 6.61 Å². The quantitative estimate of drug-likeness (QED) is 0.434. The lowest BCUT2D eigenvalue weighted by molar-refractivity contribution is -0.146. The summed E-state index contributed by atoms with van der Waals surface area (Å²) in [5.41, 5.74) is 0.338. The molecule has 3 aliphatic rings. The van der Waals surface area contributed by atoms with Gasteiger partial charge in [0.15, 0.2) is 0 Å². The summed E-state index contributed by atoms with van der Waals surface area (Å²) in [5.74, 6) is 0.539. The van der Waals surface area contributed by atoms with E-state index in [0.717, 1.165) is 12.8 Å². The Morgan fingerprint density at radius 2 is 2.15 bits per heavy atom. The summed E-state index contributed by atoms with van der Waals surface area (Å²) in [5, 5.41) is 0.